The third kappa shape index (κ3) is 3.26. The normalized spacial score (nSPS) is 10.8. The molecule has 0 amide bonds. The van der Waals surface area contributed by atoms with Crippen LogP contribution in [0.15, 0.2) is 40.4 Å². The molecule has 0 fully saturated rings. The molecule has 0 radical (unpaired) electrons. The molecule has 7 heteroatoms. The lowest BCUT2D eigenvalue weighted by Crippen LogP contribution is -2.04. The third-order valence-electron chi connectivity index (χ3n) is 2.51. The first kappa shape index (κ1) is 13.4. The highest BCUT2D eigenvalue weighted by atomic mass is 32.2. The maximum atomic E-state index is 5.83. The van der Waals surface area contributed by atoms with E-state index in [9.17, 15) is 0 Å². The lowest BCUT2D eigenvalue weighted by Gasteiger charge is -2.10. The van der Waals surface area contributed by atoms with Gasteiger partial charge in [0, 0.05) is 16.8 Å². The Morgan fingerprint density at radius 1 is 1.42 bits per heavy atom. The molecule has 0 aliphatic rings. The molecule has 96 valence electrons. The number of nitrogens with two attached hydrogens (primary N) is 1. The van der Waals surface area contributed by atoms with Crippen molar-refractivity contribution in [1.29, 1.82) is 0 Å². The summed E-state index contributed by atoms with van der Waals surface area (Å²) in [6.45, 7) is 0. The summed E-state index contributed by atoms with van der Waals surface area (Å²) in [5, 5.41) is 3.24. The average Bonchev–Trinajstić information content (AvgIpc) is 2.43. The number of aromatic nitrogens is 2. The van der Waals surface area contributed by atoms with E-state index >= 15 is 0 Å². The van der Waals surface area contributed by atoms with Crippen molar-refractivity contribution in [3.8, 4) is 0 Å². The van der Waals surface area contributed by atoms with Crippen LogP contribution in [0, 0.1) is 0 Å². The van der Waals surface area contributed by atoms with Crippen LogP contribution in [-0.2, 0) is 0 Å². The van der Waals surface area contributed by atoms with Gasteiger partial charge in [-0.2, -0.15) is 0 Å². The number of hydrogen-bond donors (Lipinski definition) is 2. The predicted octanol–water partition coefficient (Wildman–Crippen LogP) is 1.49. The van der Waals surface area contributed by atoms with E-state index in [1.807, 2.05) is 18.4 Å². The minimum atomic E-state index is 0.407. The molecule has 0 aliphatic heterocycles. The summed E-state index contributed by atoms with van der Waals surface area (Å²) in [7, 11) is 1.69. The Bertz CT molecular complexity index is 602. The molecular formula is C12H14BN5S. The highest BCUT2D eigenvalue weighted by Gasteiger charge is 2.07. The van der Waals surface area contributed by atoms with Crippen LogP contribution in [0.3, 0.4) is 0 Å². The Morgan fingerprint density at radius 3 is 3.00 bits per heavy atom. The average molecular weight is 271 g/mol. The molecule has 0 saturated carbocycles. The van der Waals surface area contributed by atoms with Crippen molar-refractivity contribution >= 4 is 43.3 Å². The number of nitrogen functional groups attached to an aromatic ring is 1. The number of hydrogen-bond acceptors (Lipinski definition) is 6. The Balaban J connectivity index is 2.35. The van der Waals surface area contributed by atoms with Crippen molar-refractivity contribution in [1.82, 2.24) is 9.97 Å². The van der Waals surface area contributed by atoms with Crippen molar-refractivity contribution < 1.29 is 0 Å². The van der Waals surface area contributed by atoms with Gasteiger partial charge in [0.1, 0.15) is 18.0 Å². The van der Waals surface area contributed by atoms with Crippen LogP contribution in [0.1, 0.15) is 5.56 Å². The summed E-state index contributed by atoms with van der Waals surface area (Å²) in [5.74, 6) is 1.06. The summed E-state index contributed by atoms with van der Waals surface area (Å²) in [6.07, 6.45) is 5.12. The molecular weight excluding hydrogens is 257 g/mol. The van der Waals surface area contributed by atoms with Crippen molar-refractivity contribution in [2.75, 3.05) is 17.3 Å². The van der Waals surface area contributed by atoms with E-state index < -0.39 is 0 Å². The van der Waals surface area contributed by atoms with E-state index in [0.29, 0.717) is 17.2 Å². The summed E-state index contributed by atoms with van der Waals surface area (Å²) in [5.41, 5.74) is 7.48. The maximum absolute atomic E-state index is 5.83. The Kier molecular flexibility index (Phi) is 4.41. The monoisotopic (exact) mass is 271 g/mol. The predicted molar refractivity (Wildman–Crippen MR) is 84.1 cm³/mol. The molecule has 2 aromatic rings. The van der Waals surface area contributed by atoms with Gasteiger partial charge >= 0.3 is 0 Å². The zero-order valence-corrected chi connectivity index (χ0v) is 11.6. The maximum Gasteiger partial charge on any atom is 0.244 e. The quantitative estimate of drug-likeness (QED) is 0.500. The van der Waals surface area contributed by atoms with Crippen LogP contribution in [0.4, 0.5) is 17.3 Å². The lowest BCUT2D eigenvalue weighted by atomic mass is 10.2. The summed E-state index contributed by atoms with van der Waals surface area (Å²) >= 11 is 1.69. The Labute approximate surface area is 117 Å². The van der Waals surface area contributed by atoms with Crippen LogP contribution in [0.5, 0.6) is 0 Å². The minimum absolute atomic E-state index is 0.407. The molecule has 2 rings (SSSR count). The van der Waals surface area contributed by atoms with Crippen LogP contribution < -0.4 is 11.1 Å². The Morgan fingerprint density at radius 2 is 2.26 bits per heavy atom. The van der Waals surface area contributed by atoms with Crippen molar-refractivity contribution in [2.24, 2.45) is 4.90 Å². The first-order chi connectivity index (χ1) is 9.24. The van der Waals surface area contributed by atoms with E-state index in [1.54, 1.807) is 26.0 Å². The van der Waals surface area contributed by atoms with Crippen molar-refractivity contribution in [2.45, 2.75) is 4.90 Å². The van der Waals surface area contributed by atoms with Gasteiger partial charge < -0.3 is 16.0 Å². The molecule has 19 heavy (non-hydrogen) atoms. The zero-order valence-electron chi connectivity index (χ0n) is 10.8. The van der Waals surface area contributed by atoms with Gasteiger partial charge in [0.2, 0.25) is 7.98 Å². The van der Waals surface area contributed by atoms with Crippen LogP contribution in [-0.4, -0.2) is 30.4 Å². The fourth-order valence-electron chi connectivity index (χ4n) is 1.60. The smallest absolute Gasteiger partial charge is 0.244 e. The molecule has 0 bridgehead atoms. The van der Waals surface area contributed by atoms with Gasteiger partial charge in [0.05, 0.1) is 5.56 Å². The second-order valence-corrected chi connectivity index (χ2v) is 4.65. The molecule has 0 spiro atoms. The van der Waals surface area contributed by atoms with E-state index in [2.05, 4.69) is 32.3 Å². The fourth-order valence-corrected chi connectivity index (χ4v) is 2.06. The highest BCUT2D eigenvalue weighted by molar-refractivity contribution is 7.98. The summed E-state index contributed by atoms with van der Waals surface area (Å²) in [6, 6.07) is 8.08. The van der Waals surface area contributed by atoms with Gasteiger partial charge in [-0.3, -0.25) is 0 Å². The Hall–Kier alpha value is -2.02. The second kappa shape index (κ2) is 6.24. The first-order valence-electron chi connectivity index (χ1n) is 5.68. The number of nitrogens with one attached hydrogen (secondary N) is 1. The largest absolute Gasteiger partial charge is 0.383 e. The van der Waals surface area contributed by atoms with E-state index in [1.165, 1.54) is 11.2 Å². The van der Waals surface area contributed by atoms with Gasteiger partial charge in [0.25, 0.3) is 0 Å². The first-order valence-corrected chi connectivity index (χ1v) is 6.90. The number of thioether (sulfide) groups is 1. The molecule has 1 aromatic carbocycles. The van der Waals surface area contributed by atoms with Gasteiger partial charge in [-0.1, -0.05) is 6.07 Å². The molecule has 1 heterocycles. The van der Waals surface area contributed by atoms with E-state index in [0.717, 1.165) is 5.69 Å². The molecule has 1 aromatic heterocycles. The van der Waals surface area contributed by atoms with E-state index in [4.69, 9.17) is 5.73 Å². The van der Waals surface area contributed by atoms with E-state index in [-0.39, 0.29) is 0 Å². The van der Waals surface area contributed by atoms with Crippen molar-refractivity contribution in [3.63, 3.8) is 0 Å². The standard InChI is InChI=1S/C12H14BN5S/c1-19-9-4-2-3-8(5-9)18-12-10(6-17-13)11(14)15-7-16-12/h2-7H,13H2,1H3,(H3,14,15,16,18)/b17-6+. The molecule has 0 saturated heterocycles. The third-order valence-corrected chi connectivity index (χ3v) is 3.23. The van der Waals surface area contributed by atoms with Crippen LogP contribution in [0.25, 0.3) is 0 Å². The topological polar surface area (TPSA) is 76.2 Å². The second-order valence-electron chi connectivity index (χ2n) is 3.77. The number of benzene rings is 1. The van der Waals surface area contributed by atoms with Gasteiger partial charge in [0.15, 0.2) is 0 Å². The lowest BCUT2D eigenvalue weighted by molar-refractivity contribution is 1.17. The molecule has 0 atom stereocenters. The van der Waals surface area contributed by atoms with Crippen LogP contribution >= 0.6 is 11.8 Å². The molecule has 0 aliphatic carbocycles. The highest BCUT2D eigenvalue weighted by Crippen LogP contribution is 2.23. The SMILES string of the molecule is B/N=C/c1c(N)ncnc1Nc1cccc(SC)c1. The van der Waals surface area contributed by atoms with Gasteiger partial charge in [-0.15, -0.1) is 11.8 Å². The number of anilines is 3. The summed E-state index contributed by atoms with van der Waals surface area (Å²) < 4.78 is 0. The van der Waals surface area contributed by atoms with Gasteiger partial charge in [-0.05, 0) is 24.5 Å². The molecule has 5 nitrogen and oxygen atoms in total. The number of rotatable bonds is 4. The fraction of sp³-hybridized carbons (Fsp3) is 0.0833. The molecule has 3 N–H and O–H groups in total. The summed E-state index contributed by atoms with van der Waals surface area (Å²) in [4.78, 5) is 13.3. The molecule has 0 unspecified atom stereocenters. The van der Waals surface area contributed by atoms with Gasteiger partial charge in [-0.25, -0.2) is 9.97 Å². The zero-order chi connectivity index (χ0) is 13.7. The minimum Gasteiger partial charge on any atom is -0.383 e. The van der Waals surface area contributed by atoms with Crippen LogP contribution in [0.2, 0.25) is 0 Å². The van der Waals surface area contributed by atoms with Crippen molar-refractivity contribution in [3.05, 3.63) is 36.2 Å². The number of nitrogens with zero attached hydrogens (tertiary/aromatic N) is 3.